The molecule has 0 saturated carbocycles. The van der Waals surface area contributed by atoms with E-state index in [0.29, 0.717) is 15.6 Å². The molecule has 1 amide bonds. The maximum atomic E-state index is 13.1. The summed E-state index contributed by atoms with van der Waals surface area (Å²) in [7, 11) is 0. The molecule has 108 valence electrons. The first-order chi connectivity index (χ1) is 10.0. The van der Waals surface area contributed by atoms with E-state index in [0.717, 1.165) is 0 Å². The van der Waals surface area contributed by atoms with Crippen LogP contribution in [0.3, 0.4) is 0 Å². The molecule has 2 N–H and O–H groups in total. The quantitative estimate of drug-likeness (QED) is 0.657. The highest BCUT2D eigenvalue weighted by atomic mass is 79.9. The molecule has 2 aromatic carbocycles. The number of aromatic hydroxyl groups is 1. The number of nitrogens with one attached hydrogen (secondary N) is 1. The molecule has 2 aromatic rings. The SMILES string of the molecule is O=C(Cc1cccc(O)c1)NN=Cc1cc(F)ccc1Br. The highest BCUT2D eigenvalue weighted by Crippen LogP contribution is 2.15. The number of rotatable bonds is 4. The topological polar surface area (TPSA) is 61.7 Å². The minimum absolute atomic E-state index is 0.0933. The van der Waals surface area contributed by atoms with E-state index in [1.165, 1.54) is 30.5 Å². The smallest absolute Gasteiger partial charge is 0.244 e. The van der Waals surface area contributed by atoms with Gasteiger partial charge in [0.2, 0.25) is 5.91 Å². The Hall–Kier alpha value is -2.21. The van der Waals surface area contributed by atoms with Crippen LogP contribution in [-0.4, -0.2) is 17.2 Å². The van der Waals surface area contributed by atoms with E-state index in [1.807, 2.05) is 0 Å². The second-order valence-corrected chi connectivity index (χ2v) is 5.16. The van der Waals surface area contributed by atoms with Crippen molar-refractivity contribution in [2.75, 3.05) is 0 Å². The number of phenolic OH excluding ortho intramolecular Hbond substituents is 1. The first kappa shape index (κ1) is 15.2. The van der Waals surface area contributed by atoms with Crippen molar-refractivity contribution in [2.45, 2.75) is 6.42 Å². The van der Waals surface area contributed by atoms with Crippen LogP contribution in [0.5, 0.6) is 5.75 Å². The molecule has 0 aliphatic rings. The van der Waals surface area contributed by atoms with Crippen molar-refractivity contribution in [1.82, 2.24) is 5.43 Å². The lowest BCUT2D eigenvalue weighted by Gasteiger charge is -2.02. The molecular formula is C15H12BrFN2O2. The average molecular weight is 351 g/mol. The lowest BCUT2D eigenvalue weighted by molar-refractivity contribution is -0.120. The van der Waals surface area contributed by atoms with Gasteiger partial charge in [-0.2, -0.15) is 5.10 Å². The minimum Gasteiger partial charge on any atom is -0.508 e. The maximum absolute atomic E-state index is 13.1. The molecule has 6 heteroatoms. The molecule has 0 atom stereocenters. The van der Waals surface area contributed by atoms with Crippen molar-refractivity contribution >= 4 is 28.1 Å². The number of phenols is 1. The monoisotopic (exact) mass is 350 g/mol. The fraction of sp³-hybridized carbons (Fsp3) is 0.0667. The van der Waals surface area contributed by atoms with E-state index in [9.17, 15) is 14.3 Å². The number of carbonyl (C=O) groups excluding carboxylic acids is 1. The van der Waals surface area contributed by atoms with Crippen molar-refractivity contribution in [3.8, 4) is 5.75 Å². The van der Waals surface area contributed by atoms with Gasteiger partial charge in [0.05, 0.1) is 12.6 Å². The Balaban J connectivity index is 1.94. The summed E-state index contributed by atoms with van der Waals surface area (Å²) in [5.41, 5.74) is 3.55. The molecule has 0 aliphatic carbocycles. The number of amides is 1. The number of nitrogens with zero attached hydrogens (tertiary/aromatic N) is 1. The zero-order valence-corrected chi connectivity index (χ0v) is 12.5. The Bertz CT molecular complexity index is 689. The Kier molecular flexibility index (Phi) is 5.05. The Morgan fingerprint density at radius 3 is 2.90 bits per heavy atom. The Morgan fingerprint density at radius 2 is 2.14 bits per heavy atom. The molecule has 21 heavy (non-hydrogen) atoms. The van der Waals surface area contributed by atoms with E-state index in [-0.39, 0.29) is 23.9 Å². The van der Waals surface area contributed by atoms with Crippen LogP contribution in [0.1, 0.15) is 11.1 Å². The average Bonchev–Trinajstić information content (AvgIpc) is 2.42. The van der Waals surface area contributed by atoms with Gasteiger partial charge in [0, 0.05) is 10.0 Å². The molecular weight excluding hydrogens is 339 g/mol. The number of benzene rings is 2. The van der Waals surface area contributed by atoms with Gasteiger partial charge < -0.3 is 5.11 Å². The van der Waals surface area contributed by atoms with Crippen molar-refractivity contribution in [1.29, 1.82) is 0 Å². The molecule has 0 spiro atoms. The second kappa shape index (κ2) is 6.99. The van der Waals surface area contributed by atoms with Crippen LogP contribution >= 0.6 is 15.9 Å². The third-order valence-electron chi connectivity index (χ3n) is 2.63. The molecule has 0 aliphatic heterocycles. The third kappa shape index (κ3) is 4.68. The van der Waals surface area contributed by atoms with Gasteiger partial charge in [-0.1, -0.05) is 28.1 Å². The largest absolute Gasteiger partial charge is 0.508 e. The lowest BCUT2D eigenvalue weighted by atomic mass is 10.1. The molecule has 0 fully saturated rings. The zero-order valence-electron chi connectivity index (χ0n) is 10.9. The van der Waals surface area contributed by atoms with Crippen molar-refractivity contribution < 1.29 is 14.3 Å². The van der Waals surface area contributed by atoms with Crippen molar-refractivity contribution in [3.05, 3.63) is 63.9 Å². The van der Waals surface area contributed by atoms with E-state index >= 15 is 0 Å². The summed E-state index contributed by atoms with van der Waals surface area (Å²) in [6.07, 6.45) is 1.45. The molecule has 0 aromatic heterocycles. The summed E-state index contributed by atoms with van der Waals surface area (Å²) in [5.74, 6) is -0.609. The van der Waals surface area contributed by atoms with Crippen LogP contribution in [0.15, 0.2) is 52.0 Å². The number of hydrogen-bond acceptors (Lipinski definition) is 3. The van der Waals surface area contributed by atoms with Gasteiger partial charge in [0.1, 0.15) is 11.6 Å². The molecule has 0 radical (unpaired) electrons. The Labute approximate surface area is 129 Å². The number of halogens is 2. The summed E-state index contributed by atoms with van der Waals surface area (Å²) in [4.78, 5) is 11.7. The lowest BCUT2D eigenvalue weighted by Crippen LogP contribution is -2.19. The highest BCUT2D eigenvalue weighted by molar-refractivity contribution is 9.10. The van der Waals surface area contributed by atoms with Gasteiger partial charge in [-0.3, -0.25) is 4.79 Å². The summed E-state index contributed by atoms with van der Waals surface area (Å²) < 4.78 is 13.7. The fourth-order valence-corrected chi connectivity index (χ4v) is 2.03. The van der Waals surface area contributed by atoms with Gasteiger partial charge in [0.15, 0.2) is 0 Å². The fourth-order valence-electron chi connectivity index (χ4n) is 1.68. The summed E-state index contributed by atoms with van der Waals surface area (Å²) in [5, 5.41) is 13.1. The summed E-state index contributed by atoms with van der Waals surface area (Å²) in [6.45, 7) is 0. The number of hydrogen-bond donors (Lipinski definition) is 2. The highest BCUT2D eigenvalue weighted by Gasteiger charge is 2.03. The maximum Gasteiger partial charge on any atom is 0.244 e. The molecule has 0 bridgehead atoms. The Morgan fingerprint density at radius 1 is 1.33 bits per heavy atom. The third-order valence-corrected chi connectivity index (χ3v) is 3.35. The van der Waals surface area contributed by atoms with Crippen molar-refractivity contribution in [2.24, 2.45) is 5.10 Å². The standard InChI is InChI=1S/C15H12BrFN2O2/c16-14-5-4-12(17)8-11(14)9-18-19-15(21)7-10-2-1-3-13(20)6-10/h1-6,8-9,20H,7H2,(H,19,21). The molecule has 0 unspecified atom stereocenters. The predicted molar refractivity (Wildman–Crippen MR) is 81.6 cm³/mol. The van der Waals surface area contributed by atoms with Crippen LogP contribution in [-0.2, 0) is 11.2 Å². The van der Waals surface area contributed by atoms with E-state index in [4.69, 9.17) is 0 Å². The number of carbonyl (C=O) groups is 1. The van der Waals surface area contributed by atoms with Gasteiger partial charge in [-0.05, 0) is 35.9 Å². The normalized spacial score (nSPS) is 10.8. The first-order valence-electron chi connectivity index (χ1n) is 6.09. The van der Waals surface area contributed by atoms with E-state index in [1.54, 1.807) is 18.2 Å². The van der Waals surface area contributed by atoms with Crippen LogP contribution in [0, 0.1) is 5.82 Å². The minimum atomic E-state index is -0.384. The summed E-state index contributed by atoms with van der Waals surface area (Å²) in [6, 6.07) is 10.6. The van der Waals surface area contributed by atoms with E-state index < -0.39 is 0 Å². The van der Waals surface area contributed by atoms with Crippen LogP contribution < -0.4 is 5.43 Å². The summed E-state index contributed by atoms with van der Waals surface area (Å²) >= 11 is 3.26. The molecule has 0 saturated heterocycles. The zero-order chi connectivity index (χ0) is 15.2. The van der Waals surface area contributed by atoms with Crippen molar-refractivity contribution in [3.63, 3.8) is 0 Å². The molecule has 4 nitrogen and oxygen atoms in total. The first-order valence-corrected chi connectivity index (χ1v) is 6.89. The van der Waals surface area contributed by atoms with Crippen LogP contribution in [0.4, 0.5) is 4.39 Å². The van der Waals surface area contributed by atoms with E-state index in [2.05, 4.69) is 26.5 Å². The van der Waals surface area contributed by atoms with Gasteiger partial charge in [0.25, 0.3) is 0 Å². The second-order valence-electron chi connectivity index (χ2n) is 4.31. The predicted octanol–water partition coefficient (Wildman–Crippen LogP) is 2.99. The van der Waals surface area contributed by atoms with Gasteiger partial charge in [-0.15, -0.1) is 0 Å². The van der Waals surface area contributed by atoms with Gasteiger partial charge >= 0.3 is 0 Å². The molecule has 2 rings (SSSR count). The van der Waals surface area contributed by atoms with Crippen LogP contribution in [0.2, 0.25) is 0 Å². The number of hydrazone groups is 1. The van der Waals surface area contributed by atoms with Crippen LogP contribution in [0.25, 0.3) is 0 Å². The van der Waals surface area contributed by atoms with Gasteiger partial charge in [-0.25, -0.2) is 9.82 Å². The molecule has 0 heterocycles.